The Morgan fingerprint density at radius 1 is 1.41 bits per heavy atom. The molecule has 0 aliphatic carbocycles. The number of hydrogen-bond acceptors (Lipinski definition) is 5. The zero-order valence-corrected chi connectivity index (χ0v) is 12.1. The molecule has 0 radical (unpaired) electrons. The SMILES string of the molecule is NC(=O)NC(=O)CN1CCC[C@H](c2nc3ccccc3o2)C1. The van der Waals surface area contributed by atoms with Gasteiger partial charge in [-0.15, -0.1) is 0 Å². The van der Waals surface area contributed by atoms with Crippen LogP contribution in [0.1, 0.15) is 24.7 Å². The summed E-state index contributed by atoms with van der Waals surface area (Å²) in [5.41, 5.74) is 6.57. The Morgan fingerprint density at radius 2 is 2.23 bits per heavy atom. The molecule has 0 unspecified atom stereocenters. The van der Waals surface area contributed by atoms with Gasteiger partial charge in [0.2, 0.25) is 5.91 Å². The summed E-state index contributed by atoms with van der Waals surface area (Å²) in [6, 6.07) is 6.84. The van der Waals surface area contributed by atoms with Crippen molar-refractivity contribution in [2.24, 2.45) is 5.73 Å². The number of carbonyl (C=O) groups is 2. The minimum atomic E-state index is -0.822. The molecule has 1 aromatic carbocycles. The maximum absolute atomic E-state index is 11.6. The van der Waals surface area contributed by atoms with Gasteiger partial charge in [0.25, 0.3) is 0 Å². The lowest BCUT2D eigenvalue weighted by molar-refractivity contribution is -0.121. The maximum atomic E-state index is 11.6. The second-order valence-corrected chi connectivity index (χ2v) is 5.51. The highest BCUT2D eigenvalue weighted by atomic mass is 16.3. The number of imide groups is 1. The van der Waals surface area contributed by atoms with E-state index in [2.05, 4.69) is 10.3 Å². The maximum Gasteiger partial charge on any atom is 0.318 e. The Bertz CT molecular complexity index is 664. The highest BCUT2D eigenvalue weighted by molar-refractivity contribution is 5.94. The lowest BCUT2D eigenvalue weighted by Crippen LogP contribution is -2.45. The average Bonchev–Trinajstić information content (AvgIpc) is 2.90. The monoisotopic (exact) mass is 302 g/mol. The number of nitrogens with one attached hydrogen (secondary N) is 1. The summed E-state index contributed by atoms with van der Waals surface area (Å²) in [4.78, 5) is 28.8. The summed E-state index contributed by atoms with van der Waals surface area (Å²) in [5.74, 6) is 0.481. The first-order valence-corrected chi connectivity index (χ1v) is 7.29. The van der Waals surface area contributed by atoms with E-state index in [1.807, 2.05) is 29.2 Å². The van der Waals surface area contributed by atoms with Gasteiger partial charge in [0.15, 0.2) is 11.5 Å². The van der Waals surface area contributed by atoms with E-state index in [0.717, 1.165) is 30.5 Å². The van der Waals surface area contributed by atoms with Crippen LogP contribution in [0.3, 0.4) is 0 Å². The van der Waals surface area contributed by atoms with Crippen molar-refractivity contribution >= 4 is 23.0 Å². The average molecular weight is 302 g/mol. The van der Waals surface area contributed by atoms with Crippen LogP contribution in [0.4, 0.5) is 4.79 Å². The van der Waals surface area contributed by atoms with Crippen molar-refractivity contribution in [2.75, 3.05) is 19.6 Å². The van der Waals surface area contributed by atoms with Gasteiger partial charge in [0.05, 0.1) is 6.54 Å². The first-order valence-electron chi connectivity index (χ1n) is 7.29. The number of nitrogens with zero attached hydrogens (tertiary/aromatic N) is 2. The predicted octanol–water partition coefficient (Wildman–Crippen LogP) is 1.20. The summed E-state index contributed by atoms with van der Waals surface area (Å²) in [6.07, 6.45) is 1.92. The number of rotatable bonds is 3. The number of piperidine rings is 1. The van der Waals surface area contributed by atoms with Crippen molar-refractivity contribution in [3.8, 4) is 0 Å². The van der Waals surface area contributed by atoms with Gasteiger partial charge >= 0.3 is 6.03 Å². The standard InChI is InChI=1S/C15H18N4O3/c16-15(21)18-13(20)9-19-7-3-4-10(8-19)14-17-11-5-1-2-6-12(11)22-14/h1-2,5-6,10H,3-4,7-9H2,(H3,16,18,20,21)/t10-/m0/s1. The fourth-order valence-electron chi connectivity index (χ4n) is 2.85. The van der Waals surface area contributed by atoms with Crippen LogP contribution in [-0.4, -0.2) is 41.5 Å². The van der Waals surface area contributed by atoms with E-state index in [1.165, 1.54) is 0 Å². The number of benzene rings is 1. The number of fused-ring (bicyclic) bond motifs is 1. The largest absolute Gasteiger partial charge is 0.440 e. The van der Waals surface area contributed by atoms with E-state index in [-0.39, 0.29) is 18.4 Å². The number of nitrogens with two attached hydrogens (primary N) is 1. The number of amides is 3. The number of aromatic nitrogens is 1. The molecule has 22 heavy (non-hydrogen) atoms. The van der Waals surface area contributed by atoms with Crippen LogP contribution in [0.15, 0.2) is 28.7 Å². The van der Waals surface area contributed by atoms with E-state index in [1.54, 1.807) is 0 Å². The van der Waals surface area contributed by atoms with Gasteiger partial charge in [-0.05, 0) is 31.5 Å². The molecule has 2 aromatic rings. The van der Waals surface area contributed by atoms with Crippen LogP contribution in [0.5, 0.6) is 0 Å². The highest BCUT2D eigenvalue weighted by Crippen LogP contribution is 2.28. The Kier molecular flexibility index (Phi) is 4.06. The number of primary amides is 1. The molecule has 1 saturated heterocycles. The Morgan fingerprint density at radius 3 is 3.00 bits per heavy atom. The van der Waals surface area contributed by atoms with Gasteiger partial charge in [0.1, 0.15) is 5.52 Å². The van der Waals surface area contributed by atoms with E-state index in [4.69, 9.17) is 10.2 Å². The van der Waals surface area contributed by atoms with Gasteiger partial charge in [-0.1, -0.05) is 12.1 Å². The summed E-state index contributed by atoms with van der Waals surface area (Å²) < 4.78 is 5.81. The number of carbonyl (C=O) groups excluding carboxylic acids is 2. The smallest absolute Gasteiger partial charge is 0.318 e. The van der Waals surface area contributed by atoms with Crippen LogP contribution in [0.25, 0.3) is 11.1 Å². The zero-order chi connectivity index (χ0) is 15.5. The third-order valence-corrected chi connectivity index (χ3v) is 3.80. The highest BCUT2D eigenvalue weighted by Gasteiger charge is 2.26. The summed E-state index contributed by atoms with van der Waals surface area (Å²) in [5, 5.41) is 2.09. The molecular weight excluding hydrogens is 284 g/mol. The normalized spacial score (nSPS) is 19.2. The molecule has 1 atom stereocenters. The first kappa shape index (κ1) is 14.5. The Hall–Kier alpha value is -2.41. The molecule has 0 saturated carbocycles. The predicted molar refractivity (Wildman–Crippen MR) is 80.2 cm³/mol. The summed E-state index contributed by atoms with van der Waals surface area (Å²) >= 11 is 0. The number of hydrogen-bond donors (Lipinski definition) is 2. The van der Waals surface area contributed by atoms with Crippen molar-refractivity contribution in [3.05, 3.63) is 30.2 Å². The molecule has 2 heterocycles. The first-order chi connectivity index (χ1) is 10.6. The fourth-order valence-corrected chi connectivity index (χ4v) is 2.85. The van der Waals surface area contributed by atoms with E-state index in [0.29, 0.717) is 12.4 Å². The van der Waals surface area contributed by atoms with Gasteiger partial charge in [-0.2, -0.15) is 0 Å². The van der Waals surface area contributed by atoms with E-state index >= 15 is 0 Å². The number of likely N-dealkylation sites (tertiary alicyclic amines) is 1. The summed E-state index contributed by atoms with van der Waals surface area (Å²) in [7, 11) is 0. The second-order valence-electron chi connectivity index (χ2n) is 5.51. The number of para-hydroxylation sites is 2. The minimum Gasteiger partial charge on any atom is -0.440 e. The van der Waals surface area contributed by atoms with Crippen molar-refractivity contribution in [3.63, 3.8) is 0 Å². The molecule has 1 aliphatic rings. The Labute approximate surface area is 127 Å². The third-order valence-electron chi connectivity index (χ3n) is 3.80. The van der Waals surface area contributed by atoms with Gasteiger partial charge in [-0.25, -0.2) is 9.78 Å². The van der Waals surface area contributed by atoms with E-state index < -0.39 is 6.03 Å². The van der Waals surface area contributed by atoms with E-state index in [9.17, 15) is 9.59 Å². The topological polar surface area (TPSA) is 101 Å². The van der Waals surface area contributed by atoms with Crippen LogP contribution < -0.4 is 11.1 Å². The van der Waals surface area contributed by atoms with Gasteiger partial charge < -0.3 is 10.2 Å². The fraction of sp³-hybridized carbons (Fsp3) is 0.400. The van der Waals surface area contributed by atoms with Crippen LogP contribution in [-0.2, 0) is 4.79 Å². The van der Waals surface area contributed by atoms with Crippen LogP contribution in [0, 0.1) is 0 Å². The number of urea groups is 1. The second kappa shape index (κ2) is 6.15. The molecule has 0 bridgehead atoms. The molecule has 3 rings (SSSR count). The minimum absolute atomic E-state index is 0.152. The third kappa shape index (κ3) is 3.25. The van der Waals surface area contributed by atoms with Crippen molar-refractivity contribution in [1.82, 2.24) is 15.2 Å². The van der Waals surface area contributed by atoms with Crippen molar-refractivity contribution < 1.29 is 14.0 Å². The molecule has 1 fully saturated rings. The zero-order valence-electron chi connectivity index (χ0n) is 12.1. The lowest BCUT2D eigenvalue weighted by atomic mass is 9.98. The quantitative estimate of drug-likeness (QED) is 0.887. The molecule has 7 heteroatoms. The Balaban J connectivity index is 1.67. The molecular formula is C15H18N4O3. The van der Waals surface area contributed by atoms with Gasteiger partial charge in [0, 0.05) is 12.5 Å². The summed E-state index contributed by atoms with van der Waals surface area (Å²) in [6.45, 7) is 1.64. The van der Waals surface area contributed by atoms with Crippen molar-refractivity contribution in [2.45, 2.75) is 18.8 Å². The lowest BCUT2D eigenvalue weighted by Gasteiger charge is -2.30. The van der Waals surface area contributed by atoms with Crippen LogP contribution in [0.2, 0.25) is 0 Å². The molecule has 3 amide bonds. The van der Waals surface area contributed by atoms with Crippen molar-refractivity contribution in [1.29, 1.82) is 0 Å². The molecule has 1 aliphatic heterocycles. The van der Waals surface area contributed by atoms with Crippen LogP contribution >= 0.6 is 0 Å². The molecule has 116 valence electrons. The molecule has 0 spiro atoms. The molecule has 3 N–H and O–H groups in total. The molecule has 7 nitrogen and oxygen atoms in total. The molecule has 1 aromatic heterocycles. The van der Waals surface area contributed by atoms with Gasteiger partial charge in [-0.3, -0.25) is 15.0 Å². The number of oxazole rings is 1.